The van der Waals surface area contributed by atoms with Crippen molar-refractivity contribution in [2.24, 2.45) is 0 Å². The van der Waals surface area contributed by atoms with E-state index in [1.54, 1.807) is 0 Å². The van der Waals surface area contributed by atoms with Crippen LogP contribution < -0.4 is 0 Å². The number of ether oxygens (including phenoxy) is 1. The molecule has 1 aromatic heterocycles. The van der Waals surface area contributed by atoms with Gasteiger partial charge in [-0.3, -0.25) is 0 Å². The van der Waals surface area contributed by atoms with Crippen molar-refractivity contribution in [3.8, 4) is 0 Å². The first kappa shape index (κ1) is 11.9. The summed E-state index contributed by atoms with van der Waals surface area (Å²) in [6, 6.07) is 0. The van der Waals surface area contributed by atoms with Gasteiger partial charge in [0, 0.05) is 3.57 Å². The van der Waals surface area contributed by atoms with Gasteiger partial charge in [-0.05, 0) is 57.9 Å². The Hall–Kier alpha value is -0.170. The van der Waals surface area contributed by atoms with Crippen molar-refractivity contribution < 1.29 is 9.53 Å². The number of aryl methyl sites for hydroxylation is 1. The summed E-state index contributed by atoms with van der Waals surface area (Å²) < 4.78 is 6.21. The largest absolute Gasteiger partial charge is 0.465 e. The van der Waals surface area contributed by atoms with Gasteiger partial charge in [0.1, 0.15) is 4.60 Å². The minimum absolute atomic E-state index is 0.361. The molecule has 0 atom stereocenters. The number of halogens is 2. The lowest BCUT2D eigenvalue weighted by atomic mass is 10.1. The Kier molecular flexibility index (Phi) is 3.88. The summed E-state index contributed by atoms with van der Waals surface area (Å²) in [5.41, 5.74) is 2.31. The van der Waals surface area contributed by atoms with E-state index in [0.717, 1.165) is 14.8 Å². The monoisotopic (exact) mass is 369 g/mol. The molecule has 1 heterocycles. The molecule has 0 bridgehead atoms. The number of rotatable bonds is 1. The third-order valence-corrected chi connectivity index (χ3v) is 4.05. The second-order valence-electron chi connectivity index (χ2n) is 2.79. The van der Waals surface area contributed by atoms with Crippen molar-refractivity contribution in [1.82, 2.24) is 4.98 Å². The van der Waals surface area contributed by atoms with Crippen LogP contribution in [0.2, 0.25) is 0 Å². The molecule has 0 aliphatic carbocycles. The zero-order valence-corrected chi connectivity index (χ0v) is 11.8. The number of aromatic nitrogens is 1. The fourth-order valence-electron chi connectivity index (χ4n) is 1.13. The van der Waals surface area contributed by atoms with Gasteiger partial charge in [0.15, 0.2) is 0 Å². The molecule has 76 valence electrons. The van der Waals surface area contributed by atoms with Crippen molar-refractivity contribution in [2.75, 3.05) is 7.11 Å². The molecule has 0 radical (unpaired) electrons. The molecule has 0 aliphatic rings. The van der Waals surface area contributed by atoms with E-state index in [2.05, 4.69) is 48.2 Å². The zero-order valence-electron chi connectivity index (χ0n) is 8.02. The zero-order chi connectivity index (χ0) is 10.9. The highest BCUT2D eigenvalue weighted by atomic mass is 127. The van der Waals surface area contributed by atoms with Crippen LogP contribution in [0.25, 0.3) is 0 Å². The Bertz CT molecular complexity index is 393. The predicted molar refractivity (Wildman–Crippen MR) is 65.5 cm³/mol. The minimum Gasteiger partial charge on any atom is -0.465 e. The number of carbonyl (C=O) groups excluding carboxylic acids is 1. The van der Waals surface area contributed by atoms with E-state index in [9.17, 15) is 4.79 Å². The Balaban J connectivity index is 3.44. The van der Waals surface area contributed by atoms with Crippen LogP contribution in [0.1, 0.15) is 21.6 Å². The highest BCUT2D eigenvalue weighted by Crippen LogP contribution is 2.25. The van der Waals surface area contributed by atoms with E-state index in [0.29, 0.717) is 10.2 Å². The summed E-state index contributed by atoms with van der Waals surface area (Å²) in [4.78, 5) is 15.6. The van der Waals surface area contributed by atoms with Crippen molar-refractivity contribution >= 4 is 44.5 Å². The normalized spacial score (nSPS) is 10.1. The average molecular weight is 370 g/mol. The quantitative estimate of drug-likeness (QED) is 0.434. The Morgan fingerprint density at radius 3 is 2.57 bits per heavy atom. The Labute approximate surface area is 105 Å². The van der Waals surface area contributed by atoms with Crippen molar-refractivity contribution in [1.29, 1.82) is 0 Å². The van der Waals surface area contributed by atoms with E-state index in [1.165, 1.54) is 7.11 Å². The van der Waals surface area contributed by atoms with Gasteiger partial charge in [-0.1, -0.05) is 0 Å². The molecule has 0 saturated carbocycles. The van der Waals surface area contributed by atoms with Crippen LogP contribution in [0.3, 0.4) is 0 Å². The number of hydrogen-bond donors (Lipinski definition) is 0. The van der Waals surface area contributed by atoms with Gasteiger partial charge >= 0.3 is 5.97 Å². The molecule has 1 rings (SSSR count). The van der Waals surface area contributed by atoms with Crippen LogP contribution in [-0.4, -0.2) is 18.1 Å². The maximum atomic E-state index is 11.4. The lowest BCUT2D eigenvalue weighted by Gasteiger charge is -2.09. The van der Waals surface area contributed by atoms with Crippen LogP contribution in [0.5, 0.6) is 0 Å². The summed E-state index contributed by atoms with van der Waals surface area (Å²) in [6.07, 6.45) is 0. The van der Waals surface area contributed by atoms with E-state index in [1.807, 2.05) is 13.8 Å². The number of pyridine rings is 1. The van der Waals surface area contributed by atoms with Crippen LogP contribution in [0.15, 0.2) is 4.60 Å². The van der Waals surface area contributed by atoms with Gasteiger partial charge in [0.05, 0.1) is 18.4 Å². The maximum Gasteiger partial charge on any atom is 0.340 e. The Morgan fingerprint density at radius 2 is 2.07 bits per heavy atom. The average Bonchev–Trinajstić information content (AvgIpc) is 2.14. The minimum atomic E-state index is -0.361. The summed E-state index contributed by atoms with van der Waals surface area (Å²) in [5, 5.41) is 0. The Morgan fingerprint density at radius 1 is 1.50 bits per heavy atom. The topological polar surface area (TPSA) is 39.2 Å². The van der Waals surface area contributed by atoms with Gasteiger partial charge in [-0.15, -0.1) is 0 Å². The molecule has 0 saturated heterocycles. The molecule has 0 aliphatic heterocycles. The molecule has 5 heteroatoms. The number of carbonyl (C=O) groups is 1. The van der Waals surface area contributed by atoms with Gasteiger partial charge in [-0.25, -0.2) is 9.78 Å². The van der Waals surface area contributed by atoms with Gasteiger partial charge in [0.2, 0.25) is 0 Å². The van der Waals surface area contributed by atoms with Crippen molar-refractivity contribution in [2.45, 2.75) is 13.8 Å². The molecule has 0 aromatic carbocycles. The molecule has 1 aromatic rings. The molecule has 0 unspecified atom stereocenters. The first-order valence-electron chi connectivity index (χ1n) is 3.89. The third kappa shape index (κ3) is 2.08. The molecule has 14 heavy (non-hydrogen) atoms. The maximum absolute atomic E-state index is 11.4. The van der Waals surface area contributed by atoms with Crippen LogP contribution in [0, 0.1) is 17.4 Å². The summed E-state index contributed by atoms with van der Waals surface area (Å²) in [6.45, 7) is 3.79. The second kappa shape index (κ2) is 4.57. The standard InChI is InChI=1S/C9H9BrINO2/c1-4-6(9(13)14-3)8(10)12-5(2)7(4)11/h1-3H3. The summed E-state index contributed by atoms with van der Waals surface area (Å²) in [7, 11) is 1.36. The molecular formula is C9H9BrINO2. The van der Waals surface area contributed by atoms with Crippen LogP contribution >= 0.6 is 38.5 Å². The summed E-state index contributed by atoms with van der Waals surface area (Å²) in [5.74, 6) is -0.361. The van der Waals surface area contributed by atoms with Crippen molar-refractivity contribution in [3.05, 3.63) is 25.0 Å². The fraction of sp³-hybridized carbons (Fsp3) is 0.333. The number of nitrogens with zero attached hydrogens (tertiary/aromatic N) is 1. The van der Waals surface area contributed by atoms with E-state index >= 15 is 0 Å². The highest BCUT2D eigenvalue weighted by molar-refractivity contribution is 14.1. The second-order valence-corrected chi connectivity index (χ2v) is 4.62. The first-order valence-corrected chi connectivity index (χ1v) is 5.76. The first-order chi connectivity index (χ1) is 6.49. The van der Waals surface area contributed by atoms with E-state index < -0.39 is 0 Å². The number of hydrogen-bond acceptors (Lipinski definition) is 3. The van der Waals surface area contributed by atoms with Crippen LogP contribution in [0.4, 0.5) is 0 Å². The van der Waals surface area contributed by atoms with Gasteiger partial charge in [0.25, 0.3) is 0 Å². The SMILES string of the molecule is COC(=O)c1c(Br)nc(C)c(I)c1C. The van der Waals surface area contributed by atoms with E-state index in [4.69, 9.17) is 0 Å². The molecule has 0 spiro atoms. The third-order valence-electron chi connectivity index (χ3n) is 1.88. The fourth-order valence-corrected chi connectivity index (χ4v) is 2.24. The van der Waals surface area contributed by atoms with E-state index in [-0.39, 0.29) is 5.97 Å². The number of esters is 1. The molecule has 0 N–H and O–H groups in total. The lowest BCUT2D eigenvalue weighted by molar-refractivity contribution is 0.0598. The molecule has 0 fully saturated rings. The molecular weight excluding hydrogens is 361 g/mol. The van der Waals surface area contributed by atoms with Crippen molar-refractivity contribution in [3.63, 3.8) is 0 Å². The van der Waals surface area contributed by atoms with Crippen LogP contribution in [-0.2, 0) is 4.74 Å². The summed E-state index contributed by atoms with van der Waals surface area (Å²) >= 11 is 5.43. The van der Waals surface area contributed by atoms with Gasteiger partial charge < -0.3 is 4.74 Å². The van der Waals surface area contributed by atoms with Gasteiger partial charge in [-0.2, -0.15) is 0 Å². The molecule has 3 nitrogen and oxygen atoms in total. The lowest BCUT2D eigenvalue weighted by Crippen LogP contribution is -2.09. The number of methoxy groups -OCH3 is 1. The smallest absolute Gasteiger partial charge is 0.340 e. The molecule has 0 amide bonds. The predicted octanol–water partition coefficient (Wildman–Crippen LogP) is 2.85. The highest BCUT2D eigenvalue weighted by Gasteiger charge is 2.18.